The molecule has 0 aliphatic carbocycles. The van der Waals surface area contributed by atoms with Crippen LogP contribution in [-0.2, 0) is 6.54 Å². The van der Waals surface area contributed by atoms with Gasteiger partial charge in [0, 0.05) is 17.5 Å². The van der Waals surface area contributed by atoms with Crippen molar-refractivity contribution >= 4 is 41.3 Å². The maximum Gasteiger partial charge on any atom is 0.191 e. The fourth-order valence-electron chi connectivity index (χ4n) is 1.31. The van der Waals surface area contributed by atoms with E-state index in [1.807, 2.05) is 0 Å². The van der Waals surface area contributed by atoms with Crippen LogP contribution in [0.3, 0.4) is 0 Å². The molecule has 0 spiro atoms. The molecule has 0 unspecified atom stereocenters. The van der Waals surface area contributed by atoms with Crippen molar-refractivity contribution in [1.29, 1.82) is 0 Å². The molecule has 0 aliphatic rings. The van der Waals surface area contributed by atoms with Crippen molar-refractivity contribution in [1.82, 2.24) is 10.6 Å². The lowest BCUT2D eigenvalue weighted by molar-refractivity contribution is 0.701. The van der Waals surface area contributed by atoms with Crippen LogP contribution in [0.5, 0.6) is 0 Å². The minimum Gasteiger partial charge on any atom is -0.357 e. The zero-order chi connectivity index (χ0) is 12.0. The lowest BCUT2D eigenvalue weighted by Crippen LogP contribution is -2.40. The van der Waals surface area contributed by atoms with Crippen LogP contribution >= 0.6 is 35.3 Å². The van der Waals surface area contributed by atoms with Gasteiger partial charge < -0.3 is 10.6 Å². The highest BCUT2D eigenvalue weighted by molar-refractivity contribution is 14.0. The van der Waals surface area contributed by atoms with Crippen LogP contribution in [0.1, 0.15) is 31.2 Å². The molecule has 0 aliphatic heterocycles. The Bertz CT molecular complexity index is 347. The third kappa shape index (κ3) is 6.26. The Hall–Kier alpha value is -0.300. The summed E-state index contributed by atoms with van der Waals surface area (Å²) in [6, 6.07) is 2.54. The van der Waals surface area contributed by atoms with Crippen LogP contribution in [0.4, 0.5) is 0 Å². The number of aliphatic imine (C=N–C) groups is 1. The van der Waals surface area contributed by atoms with Crippen molar-refractivity contribution in [2.75, 3.05) is 6.54 Å². The Kier molecular flexibility index (Phi) is 8.59. The molecule has 0 saturated heterocycles. The average molecular weight is 367 g/mol. The predicted molar refractivity (Wildman–Crippen MR) is 87.6 cm³/mol. The van der Waals surface area contributed by atoms with Crippen molar-refractivity contribution in [3.63, 3.8) is 0 Å². The monoisotopic (exact) mass is 367 g/mol. The topological polar surface area (TPSA) is 36.4 Å². The van der Waals surface area contributed by atoms with Crippen LogP contribution in [0.25, 0.3) is 0 Å². The summed E-state index contributed by atoms with van der Waals surface area (Å²) in [5, 5.41) is 8.66. The van der Waals surface area contributed by atoms with Crippen molar-refractivity contribution in [3.05, 3.63) is 21.9 Å². The summed E-state index contributed by atoms with van der Waals surface area (Å²) in [4.78, 5) is 5.90. The van der Waals surface area contributed by atoms with Gasteiger partial charge in [-0.2, -0.15) is 0 Å². The Morgan fingerprint density at radius 1 is 1.47 bits per heavy atom. The molecule has 0 amide bonds. The van der Waals surface area contributed by atoms with Gasteiger partial charge in [-0.15, -0.1) is 35.3 Å². The lowest BCUT2D eigenvalue weighted by atomic mass is 10.3. The van der Waals surface area contributed by atoms with Gasteiger partial charge in [-0.3, -0.25) is 0 Å². The smallest absolute Gasteiger partial charge is 0.191 e. The summed E-state index contributed by atoms with van der Waals surface area (Å²) in [7, 11) is 0. The van der Waals surface area contributed by atoms with Gasteiger partial charge >= 0.3 is 0 Å². The predicted octanol–water partition coefficient (Wildman–Crippen LogP) is 3.14. The molecule has 0 fully saturated rings. The highest BCUT2D eigenvalue weighted by Crippen LogP contribution is 2.16. The third-order valence-corrected chi connectivity index (χ3v) is 3.13. The van der Waals surface area contributed by atoms with E-state index in [4.69, 9.17) is 0 Å². The van der Waals surface area contributed by atoms with Gasteiger partial charge in [-0.05, 0) is 44.7 Å². The molecule has 1 heterocycles. The van der Waals surface area contributed by atoms with Gasteiger partial charge in [0.05, 0.1) is 6.54 Å². The van der Waals surface area contributed by atoms with Crippen molar-refractivity contribution < 1.29 is 0 Å². The number of rotatable bonds is 4. The fourth-order valence-corrected chi connectivity index (χ4v) is 2.14. The molecule has 0 radical (unpaired) electrons. The van der Waals surface area contributed by atoms with Gasteiger partial charge in [0.15, 0.2) is 5.96 Å². The Balaban J connectivity index is 0.00000256. The van der Waals surface area contributed by atoms with Crippen LogP contribution < -0.4 is 10.6 Å². The molecule has 17 heavy (non-hydrogen) atoms. The number of guanidine groups is 1. The molecule has 5 heteroatoms. The average Bonchev–Trinajstić information content (AvgIpc) is 2.60. The minimum atomic E-state index is 0. The first-order valence-electron chi connectivity index (χ1n) is 5.71. The Labute approximate surface area is 125 Å². The first-order chi connectivity index (χ1) is 7.63. The van der Waals surface area contributed by atoms with E-state index in [0.717, 1.165) is 19.0 Å². The molecule has 98 valence electrons. The normalized spacial score (nSPS) is 11.2. The fraction of sp³-hybridized carbons (Fsp3) is 0.583. The van der Waals surface area contributed by atoms with E-state index in [1.165, 1.54) is 10.4 Å². The van der Waals surface area contributed by atoms with Crippen LogP contribution in [0, 0.1) is 6.92 Å². The maximum atomic E-state index is 4.56. The van der Waals surface area contributed by atoms with Crippen molar-refractivity contribution in [2.45, 2.75) is 40.3 Å². The van der Waals surface area contributed by atoms with E-state index in [2.05, 4.69) is 54.8 Å². The number of nitrogens with one attached hydrogen (secondary N) is 2. The number of aryl methyl sites for hydroxylation is 1. The molecule has 0 atom stereocenters. The maximum absolute atomic E-state index is 4.56. The molecule has 2 N–H and O–H groups in total. The van der Waals surface area contributed by atoms with E-state index in [0.29, 0.717) is 6.04 Å². The van der Waals surface area contributed by atoms with E-state index >= 15 is 0 Å². The highest BCUT2D eigenvalue weighted by atomic mass is 127. The minimum absolute atomic E-state index is 0. The van der Waals surface area contributed by atoms with Crippen molar-refractivity contribution in [3.8, 4) is 0 Å². The molecular weight excluding hydrogens is 345 g/mol. The standard InChI is InChI=1S/C12H21N3S.HI/c1-5-13-12(15-9(2)3)14-8-11-10(4)6-7-16-11;/h6-7,9H,5,8H2,1-4H3,(H2,13,14,15);1H. The summed E-state index contributed by atoms with van der Waals surface area (Å²) < 4.78 is 0. The second-order valence-corrected chi connectivity index (χ2v) is 5.02. The number of halogens is 1. The highest BCUT2D eigenvalue weighted by Gasteiger charge is 2.01. The lowest BCUT2D eigenvalue weighted by Gasteiger charge is -2.13. The summed E-state index contributed by atoms with van der Waals surface area (Å²) in [6.07, 6.45) is 0. The van der Waals surface area contributed by atoms with Gasteiger partial charge in [0.2, 0.25) is 0 Å². The quantitative estimate of drug-likeness (QED) is 0.487. The molecular formula is C12H22IN3S. The zero-order valence-corrected chi connectivity index (χ0v) is 14.1. The summed E-state index contributed by atoms with van der Waals surface area (Å²) in [5.74, 6) is 0.894. The molecule has 0 bridgehead atoms. The van der Waals surface area contributed by atoms with Gasteiger partial charge in [0.1, 0.15) is 0 Å². The summed E-state index contributed by atoms with van der Waals surface area (Å²) in [6.45, 7) is 10.1. The molecule has 1 rings (SSSR count). The first-order valence-corrected chi connectivity index (χ1v) is 6.59. The van der Waals surface area contributed by atoms with Crippen LogP contribution in [0.15, 0.2) is 16.4 Å². The molecule has 1 aromatic rings. The third-order valence-electron chi connectivity index (χ3n) is 2.12. The number of hydrogen-bond acceptors (Lipinski definition) is 2. The molecule has 1 aromatic heterocycles. The number of hydrogen-bond donors (Lipinski definition) is 2. The van der Waals surface area contributed by atoms with Crippen LogP contribution in [-0.4, -0.2) is 18.5 Å². The summed E-state index contributed by atoms with van der Waals surface area (Å²) >= 11 is 1.77. The number of nitrogens with zero attached hydrogens (tertiary/aromatic N) is 1. The Morgan fingerprint density at radius 2 is 2.18 bits per heavy atom. The summed E-state index contributed by atoms with van der Waals surface area (Å²) in [5.41, 5.74) is 1.33. The van der Waals surface area contributed by atoms with E-state index in [-0.39, 0.29) is 24.0 Å². The molecule has 3 nitrogen and oxygen atoms in total. The second kappa shape index (κ2) is 8.74. The molecule has 0 aromatic carbocycles. The van der Waals surface area contributed by atoms with E-state index in [9.17, 15) is 0 Å². The van der Waals surface area contributed by atoms with Gasteiger partial charge in [-0.1, -0.05) is 0 Å². The van der Waals surface area contributed by atoms with Gasteiger partial charge in [0.25, 0.3) is 0 Å². The molecule has 0 saturated carbocycles. The van der Waals surface area contributed by atoms with Crippen molar-refractivity contribution in [2.24, 2.45) is 4.99 Å². The second-order valence-electron chi connectivity index (χ2n) is 4.02. The first kappa shape index (κ1) is 16.7. The van der Waals surface area contributed by atoms with E-state index < -0.39 is 0 Å². The van der Waals surface area contributed by atoms with Crippen LogP contribution in [0.2, 0.25) is 0 Å². The SMILES string of the molecule is CCNC(=NCc1sccc1C)NC(C)C.I. The van der Waals surface area contributed by atoms with E-state index in [1.54, 1.807) is 11.3 Å². The number of thiophene rings is 1. The largest absolute Gasteiger partial charge is 0.357 e. The van der Waals surface area contributed by atoms with Gasteiger partial charge in [-0.25, -0.2) is 4.99 Å². The Morgan fingerprint density at radius 3 is 2.65 bits per heavy atom. The zero-order valence-electron chi connectivity index (χ0n) is 10.9.